The Morgan fingerprint density at radius 1 is 1.03 bits per heavy atom. The first-order chi connectivity index (χ1) is 17.1. The van der Waals surface area contributed by atoms with Crippen molar-refractivity contribution in [3.8, 4) is 5.75 Å². The van der Waals surface area contributed by atoms with Crippen molar-refractivity contribution in [2.75, 3.05) is 20.7 Å². The van der Waals surface area contributed by atoms with Gasteiger partial charge in [-0.15, -0.1) is 0 Å². The van der Waals surface area contributed by atoms with Crippen molar-refractivity contribution in [1.29, 1.82) is 0 Å². The molecular weight excluding hydrogens is 475 g/mol. The number of hydrogen-bond donors (Lipinski definition) is 1. The highest BCUT2D eigenvalue weighted by Gasteiger charge is 2.68. The van der Waals surface area contributed by atoms with Crippen molar-refractivity contribution in [3.63, 3.8) is 0 Å². The van der Waals surface area contributed by atoms with Crippen LogP contribution in [-0.2, 0) is 27.1 Å². The zero-order valence-corrected chi connectivity index (χ0v) is 19.8. The lowest BCUT2D eigenvalue weighted by molar-refractivity contribution is -0.149. The zero-order valence-electron chi connectivity index (χ0n) is 19.8. The molecule has 4 atom stereocenters. The Morgan fingerprint density at radius 2 is 1.69 bits per heavy atom. The highest BCUT2D eigenvalue weighted by Crippen LogP contribution is 2.52. The van der Waals surface area contributed by atoms with Gasteiger partial charge in [0.1, 0.15) is 11.3 Å². The van der Waals surface area contributed by atoms with E-state index in [1.807, 2.05) is 12.1 Å². The molecule has 2 aromatic rings. The van der Waals surface area contributed by atoms with Crippen LogP contribution in [0.15, 0.2) is 48.5 Å². The maximum atomic E-state index is 13.9. The minimum absolute atomic E-state index is 0.273. The summed E-state index contributed by atoms with van der Waals surface area (Å²) < 4.78 is 44.5. The molecule has 3 aliphatic heterocycles. The van der Waals surface area contributed by atoms with E-state index in [1.54, 1.807) is 24.1 Å². The topological polar surface area (TPSA) is 79.0 Å². The largest absolute Gasteiger partial charge is 0.497 e. The van der Waals surface area contributed by atoms with E-state index in [0.717, 1.165) is 22.6 Å². The van der Waals surface area contributed by atoms with Gasteiger partial charge >= 0.3 is 6.18 Å². The van der Waals surface area contributed by atoms with Crippen molar-refractivity contribution in [3.05, 3.63) is 65.2 Å². The first-order valence-electron chi connectivity index (χ1n) is 11.8. The molecule has 3 heterocycles. The molecule has 0 radical (unpaired) electrons. The Bertz CT molecular complexity index is 1200. The van der Waals surface area contributed by atoms with Crippen LogP contribution in [0.2, 0.25) is 0 Å². The van der Waals surface area contributed by atoms with Gasteiger partial charge in [-0.1, -0.05) is 24.3 Å². The summed E-state index contributed by atoms with van der Waals surface area (Å²) in [6, 6.07) is 11.1. The van der Waals surface area contributed by atoms with Crippen LogP contribution >= 0.6 is 0 Å². The second kappa shape index (κ2) is 8.62. The molecule has 0 saturated carbocycles. The molecule has 0 bridgehead atoms. The molecule has 0 unspecified atom stereocenters. The fourth-order valence-corrected chi connectivity index (χ4v) is 5.88. The number of piperidine rings is 1. The number of halogens is 3. The summed E-state index contributed by atoms with van der Waals surface area (Å²) >= 11 is 0. The molecular formula is C26H26F3N3O4. The average Bonchev–Trinajstić information content (AvgIpc) is 3.31. The zero-order chi connectivity index (χ0) is 25.8. The SMILES string of the molecule is COc1ccc(CN2CCC[C@]3(N[C@H](c4ccc(C(F)(F)F)cc4)[C@@H]4C(=O)N(C)C(=O)[C@@H]43)C2=O)cc1. The number of rotatable bonds is 4. The summed E-state index contributed by atoms with van der Waals surface area (Å²) in [5.41, 5.74) is -0.784. The van der Waals surface area contributed by atoms with Crippen LogP contribution in [0, 0.1) is 11.8 Å². The van der Waals surface area contributed by atoms with Crippen molar-refractivity contribution >= 4 is 17.7 Å². The summed E-state index contributed by atoms with van der Waals surface area (Å²) in [4.78, 5) is 43.0. The Labute approximate surface area is 206 Å². The lowest BCUT2D eigenvalue weighted by atomic mass is 9.74. The minimum atomic E-state index is -4.49. The number of benzene rings is 2. The first kappa shape index (κ1) is 24.3. The van der Waals surface area contributed by atoms with E-state index in [9.17, 15) is 27.6 Å². The third kappa shape index (κ3) is 3.75. The van der Waals surface area contributed by atoms with Crippen molar-refractivity contribution < 1.29 is 32.3 Å². The highest BCUT2D eigenvalue weighted by atomic mass is 19.4. The number of alkyl halides is 3. The Kier molecular flexibility index (Phi) is 5.82. The molecule has 10 heteroatoms. The number of carbonyl (C=O) groups is 3. The lowest BCUT2D eigenvalue weighted by Crippen LogP contribution is -2.63. The molecule has 1 spiro atoms. The number of methoxy groups -OCH3 is 1. The average molecular weight is 502 g/mol. The van der Waals surface area contributed by atoms with Crippen molar-refractivity contribution in [2.24, 2.45) is 11.8 Å². The van der Waals surface area contributed by atoms with Crippen LogP contribution in [0.3, 0.4) is 0 Å². The van der Waals surface area contributed by atoms with E-state index < -0.39 is 47.0 Å². The number of hydrogen-bond acceptors (Lipinski definition) is 5. The summed E-state index contributed by atoms with van der Waals surface area (Å²) in [7, 11) is 2.96. The molecule has 2 aromatic carbocycles. The maximum Gasteiger partial charge on any atom is 0.416 e. The molecule has 3 amide bonds. The molecule has 0 aromatic heterocycles. The second-order valence-corrected chi connectivity index (χ2v) is 9.63. The van der Waals surface area contributed by atoms with Gasteiger partial charge in [-0.2, -0.15) is 13.2 Å². The molecule has 36 heavy (non-hydrogen) atoms. The predicted molar refractivity (Wildman–Crippen MR) is 122 cm³/mol. The summed E-state index contributed by atoms with van der Waals surface area (Å²) in [5, 5.41) is 3.29. The quantitative estimate of drug-likeness (QED) is 0.652. The van der Waals surface area contributed by atoms with Gasteiger partial charge in [0, 0.05) is 26.2 Å². The number of ether oxygens (including phenoxy) is 1. The Hall–Kier alpha value is -3.40. The Balaban J connectivity index is 1.49. The standard InChI is InChI=1S/C26H26F3N3O4/c1-31-22(33)19-20(23(31)34)25(30-21(19)16-6-8-17(9-7-16)26(27,28)29)12-3-13-32(24(25)35)14-15-4-10-18(36-2)11-5-15/h4-11,19-21,30H,3,12-14H2,1-2H3/t19-,20-,21-,25-/m1/s1. The molecule has 0 aliphatic carbocycles. The minimum Gasteiger partial charge on any atom is -0.497 e. The molecule has 3 fully saturated rings. The van der Waals surface area contributed by atoms with Gasteiger partial charge in [0.05, 0.1) is 24.5 Å². The van der Waals surface area contributed by atoms with E-state index in [4.69, 9.17) is 4.74 Å². The van der Waals surface area contributed by atoms with E-state index in [0.29, 0.717) is 37.2 Å². The van der Waals surface area contributed by atoms with Gasteiger partial charge in [-0.25, -0.2) is 0 Å². The summed E-state index contributed by atoms with van der Waals surface area (Å²) in [6.45, 7) is 0.821. The van der Waals surface area contributed by atoms with Crippen molar-refractivity contribution in [2.45, 2.75) is 37.1 Å². The number of imide groups is 1. The van der Waals surface area contributed by atoms with Crippen LogP contribution in [-0.4, -0.2) is 53.8 Å². The molecule has 1 N–H and O–H groups in total. The van der Waals surface area contributed by atoms with Gasteiger partial charge in [-0.05, 0) is 48.2 Å². The smallest absolute Gasteiger partial charge is 0.416 e. The number of amides is 3. The van der Waals surface area contributed by atoms with Crippen molar-refractivity contribution in [1.82, 2.24) is 15.1 Å². The maximum absolute atomic E-state index is 13.9. The number of nitrogens with one attached hydrogen (secondary N) is 1. The van der Waals surface area contributed by atoms with Gasteiger partial charge in [0.25, 0.3) is 0 Å². The molecule has 190 valence electrons. The van der Waals surface area contributed by atoms with Crippen LogP contribution in [0.5, 0.6) is 5.75 Å². The first-order valence-corrected chi connectivity index (χ1v) is 11.8. The van der Waals surface area contributed by atoms with E-state index in [2.05, 4.69) is 5.32 Å². The number of fused-ring (bicyclic) bond motifs is 2. The van der Waals surface area contributed by atoms with Gasteiger partial charge in [0.2, 0.25) is 17.7 Å². The Morgan fingerprint density at radius 3 is 2.31 bits per heavy atom. The molecule has 5 rings (SSSR count). The third-order valence-electron chi connectivity index (χ3n) is 7.67. The van der Waals surface area contributed by atoms with Gasteiger partial charge in [-0.3, -0.25) is 24.6 Å². The third-order valence-corrected chi connectivity index (χ3v) is 7.67. The van der Waals surface area contributed by atoms with Gasteiger partial charge < -0.3 is 9.64 Å². The fourth-order valence-electron chi connectivity index (χ4n) is 5.88. The highest BCUT2D eigenvalue weighted by molar-refractivity contribution is 6.10. The number of carbonyl (C=O) groups excluding carboxylic acids is 3. The second-order valence-electron chi connectivity index (χ2n) is 9.63. The van der Waals surface area contributed by atoms with Crippen LogP contribution in [0.25, 0.3) is 0 Å². The molecule has 3 saturated heterocycles. The monoisotopic (exact) mass is 501 g/mol. The van der Waals surface area contributed by atoms with E-state index in [-0.39, 0.29) is 5.91 Å². The summed E-state index contributed by atoms with van der Waals surface area (Å²) in [6.07, 6.45) is -3.52. The fraction of sp³-hybridized carbons (Fsp3) is 0.423. The van der Waals surface area contributed by atoms with Gasteiger partial charge in [0.15, 0.2) is 0 Å². The van der Waals surface area contributed by atoms with E-state index >= 15 is 0 Å². The number of likely N-dealkylation sites (tertiary alicyclic amines) is 2. The van der Waals surface area contributed by atoms with E-state index in [1.165, 1.54) is 19.2 Å². The van der Waals surface area contributed by atoms with Crippen LogP contribution in [0.1, 0.15) is 35.6 Å². The van der Waals surface area contributed by atoms with Crippen LogP contribution in [0.4, 0.5) is 13.2 Å². The normalized spacial score (nSPS) is 28.2. The van der Waals surface area contributed by atoms with Crippen LogP contribution < -0.4 is 10.1 Å². The number of nitrogens with zero attached hydrogens (tertiary/aromatic N) is 2. The lowest BCUT2D eigenvalue weighted by Gasteiger charge is -2.42. The predicted octanol–water partition coefficient (Wildman–Crippen LogP) is 3.15. The molecule has 3 aliphatic rings. The molecule has 7 nitrogen and oxygen atoms in total. The summed E-state index contributed by atoms with van der Waals surface area (Å²) in [5.74, 6) is -2.24.